The van der Waals surface area contributed by atoms with E-state index >= 15 is 0 Å². The van der Waals surface area contributed by atoms with Crippen LogP contribution in [0.25, 0.3) is 0 Å². The van der Waals surface area contributed by atoms with Gasteiger partial charge in [-0.25, -0.2) is 0 Å². The Morgan fingerprint density at radius 1 is 1.50 bits per heavy atom. The van der Waals surface area contributed by atoms with Crippen molar-refractivity contribution >= 4 is 17.5 Å². The Hall–Kier alpha value is -1.42. The molecule has 0 spiro atoms. The molecule has 86 valence electrons. The Kier molecular flexibility index (Phi) is 2.92. The number of ether oxygens (including phenoxy) is 2. The normalized spacial score (nSPS) is 14.1. The molecule has 0 saturated heterocycles. The molecule has 0 saturated carbocycles. The Morgan fingerprint density at radius 2 is 2.25 bits per heavy atom. The maximum Gasteiger partial charge on any atom is 0.257 e. The van der Waals surface area contributed by atoms with Crippen molar-refractivity contribution in [2.45, 2.75) is 20.0 Å². The third kappa shape index (κ3) is 1.93. The van der Waals surface area contributed by atoms with Crippen LogP contribution in [-0.2, 0) is 0 Å². The van der Waals surface area contributed by atoms with E-state index in [2.05, 4.69) is 5.32 Å². The highest BCUT2D eigenvalue weighted by Gasteiger charge is 2.23. The van der Waals surface area contributed by atoms with E-state index in [1.807, 2.05) is 13.8 Å². The van der Waals surface area contributed by atoms with Crippen LogP contribution in [0.2, 0.25) is 5.02 Å². The summed E-state index contributed by atoms with van der Waals surface area (Å²) in [5.41, 5.74) is 0.437. The van der Waals surface area contributed by atoms with Crippen LogP contribution in [0.15, 0.2) is 12.1 Å². The van der Waals surface area contributed by atoms with Gasteiger partial charge in [0.25, 0.3) is 5.91 Å². The van der Waals surface area contributed by atoms with Crippen LogP contribution >= 0.6 is 11.6 Å². The highest BCUT2D eigenvalue weighted by Crippen LogP contribution is 2.38. The highest BCUT2D eigenvalue weighted by atomic mass is 35.5. The molecule has 1 aromatic rings. The first-order valence-corrected chi connectivity index (χ1v) is 5.37. The second kappa shape index (κ2) is 4.22. The second-order valence-corrected chi connectivity index (χ2v) is 4.09. The van der Waals surface area contributed by atoms with Crippen molar-refractivity contribution in [1.82, 2.24) is 5.32 Å². The van der Waals surface area contributed by atoms with Gasteiger partial charge >= 0.3 is 0 Å². The van der Waals surface area contributed by atoms with Crippen LogP contribution in [0, 0.1) is 0 Å². The molecule has 2 rings (SSSR count). The first-order chi connectivity index (χ1) is 7.59. The molecule has 1 aromatic carbocycles. The molecular formula is C11H12ClNO3. The lowest BCUT2D eigenvalue weighted by Gasteiger charge is -2.21. The lowest BCUT2D eigenvalue weighted by atomic mass is 10.1. The lowest BCUT2D eigenvalue weighted by Crippen LogP contribution is -2.33. The van der Waals surface area contributed by atoms with E-state index in [1.165, 1.54) is 0 Å². The van der Waals surface area contributed by atoms with Crippen molar-refractivity contribution < 1.29 is 14.3 Å². The highest BCUT2D eigenvalue weighted by molar-refractivity contribution is 6.34. The van der Waals surface area contributed by atoms with Gasteiger partial charge < -0.3 is 14.8 Å². The van der Waals surface area contributed by atoms with E-state index in [1.54, 1.807) is 12.1 Å². The third-order valence-electron chi connectivity index (χ3n) is 2.12. The number of nitrogens with one attached hydrogen (secondary N) is 1. The topological polar surface area (TPSA) is 47.6 Å². The van der Waals surface area contributed by atoms with Crippen molar-refractivity contribution in [1.29, 1.82) is 0 Å². The van der Waals surface area contributed by atoms with Gasteiger partial charge in [0.15, 0.2) is 12.5 Å². The molecule has 1 aliphatic heterocycles. The van der Waals surface area contributed by atoms with Gasteiger partial charge in [-0.05, 0) is 26.0 Å². The number of carbonyl (C=O) groups is 1. The summed E-state index contributed by atoms with van der Waals surface area (Å²) in [7, 11) is 0. The number of rotatable bonds is 2. The maximum atomic E-state index is 11.5. The Balaban J connectivity index is 2.42. The van der Waals surface area contributed by atoms with Crippen molar-refractivity contribution in [3.8, 4) is 11.5 Å². The summed E-state index contributed by atoms with van der Waals surface area (Å²) in [5.74, 6) is 0.743. The summed E-state index contributed by atoms with van der Waals surface area (Å²) < 4.78 is 10.8. The molecule has 4 nitrogen and oxygen atoms in total. The summed E-state index contributed by atoms with van der Waals surface area (Å²) in [6, 6.07) is 3.32. The molecule has 0 unspecified atom stereocenters. The summed E-state index contributed by atoms with van der Waals surface area (Å²) in [5, 5.41) is 2.91. The van der Waals surface area contributed by atoms with Gasteiger partial charge in [-0.1, -0.05) is 11.6 Å². The molecule has 0 atom stereocenters. The van der Waals surface area contributed by atoms with Gasteiger partial charge in [0.05, 0.1) is 11.7 Å². The number of amides is 1. The van der Waals surface area contributed by atoms with E-state index < -0.39 is 0 Å². The fraction of sp³-hybridized carbons (Fsp3) is 0.364. The number of halogens is 1. The van der Waals surface area contributed by atoms with Gasteiger partial charge in [0.1, 0.15) is 10.8 Å². The molecule has 0 aliphatic carbocycles. The van der Waals surface area contributed by atoms with E-state index in [0.717, 1.165) is 0 Å². The monoisotopic (exact) mass is 241 g/mol. The van der Waals surface area contributed by atoms with Crippen LogP contribution in [0.3, 0.4) is 0 Å². The summed E-state index contributed by atoms with van der Waals surface area (Å²) in [6.07, 6.45) is 0.0213. The SMILES string of the molecule is CC(C)Oc1ccc2c(c1Cl)OCNC2=O. The van der Waals surface area contributed by atoms with Gasteiger partial charge in [-0.3, -0.25) is 4.79 Å². The molecule has 0 bridgehead atoms. The fourth-order valence-corrected chi connectivity index (χ4v) is 1.74. The minimum atomic E-state index is -0.181. The zero-order chi connectivity index (χ0) is 11.7. The van der Waals surface area contributed by atoms with Crippen molar-refractivity contribution in [2.75, 3.05) is 6.73 Å². The van der Waals surface area contributed by atoms with Gasteiger partial charge in [-0.15, -0.1) is 0 Å². The molecule has 0 aromatic heterocycles. The molecule has 0 radical (unpaired) electrons. The predicted molar refractivity (Wildman–Crippen MR) is 60.2 cm³/mol. The minimum Gasteiger partial charge on any atom is -0.489 e. The lowest BCUT2D eigenvalue weighted by molar-refractivity contribution is 0.0883. The number of benzene rings is 1. The molecule has 0 fully saturated rings. The molecule has 16 heavy (non-hydrogen) atoms. The van der Waals surface area contributed by atoms with Gasteiger partial charge in [-0.2, -0.15) is 0 Å². The van der Waals surface area contributed by atoms with E-state index in [4.69, 9.17) is 21.1 Å². The van der Waals surface area contributed by atoms with Crippen LogP contribution in [-0.4, -0.2) is 18.7 Å². The zero-order valence-electron chi connectivity index (χ0n) is 9.04. The Morgan fingerprint density at radius 3 is 2.94 bits per heavy atom. The van der Waals surface area contributed by atoms with Crippen LogP contribution in [0.5, 0.6) is 11.5 Å². The fourth-order valence-electron chi connectivity index (χ4n) is 1.47. The van der Waals surface area contributed by atoms with E-state index in [-0.39, 0.29) is 18.7 Å². The number of fused-ring (bicyclic) bond motifs is 1. The largest absolute Gasteiger partial charge is 0.489 e. The molecular weight excluding hydrogens is 230 g/mol. The maximum absolute atomic E-state index is 11.5. The second-order valence-electron chi connectivity index (χ2n) is 3.72. The molecule has 1 N–H and O–H groups in total. The van der Waals surface area contributed by atoms with Crippen LogP contribution in [0.4, 0.5) is 0 Å². The smallest absolute Gasteiger partial charge is 0.257 e. The first-order valence-electron chi connectivity index (χ1n) is 4.99. The number of hydrogen-bond acceptors (Lipinski definition) is 3. The summed E-state index contributed by atoms with van der Waals surface area (Å²) >= 11 is 6.11. The molecule has 5 heteroatoms. The zero-order valence-corrected chi connectivity index (χ0v) is 9.80. The van der Waals surface area contributed by atoms with Crippen molar-refractivity contribution in [3.05, 3.63) is 22.7 Å². The van der Waals surface area contributed by atoms with E-state index in [9.17, 15) is 4.79 Å². The minimum absolute atomic E-state index is 0.0213. The Bertz CT molecular complexity index is 431. The number of hydrogen-bond donors (Lipinski definition) is 1. The summed E-state index contributed by atoms with van der Waals surface area (Å²) in [4.78, 5) is 11.5. The van der Waals surface area contributed by atoms with E-state index in [0.29, 0.717) is 22.1 Å². The molecule has 1 aliphatic rings. The first kappa shape index (κ1) is 11.1. The molecule has 1 heterocycles. The quantitative estimate of drug-likeness (QED) is 0.864. The third-order valence-corrected chi connectivity index (χ3v) is 2.48. The summed E-state index contributed by atoms with van der Waals surface area (Å²) in [6.45, 7) is 3.95. The standard InChI is InChI=1S/C11H12ClNO3/c1-6(2)16-8-4-3-7-10(9(8)12)15-5-13-11(7)14/h3-4,6H,5H2,1-2H3,(H,13,14). The predicted octanol–water partition coefficient (Wildman–Crippen LogP) is 2.21. The average Bonchev–Trinajstić information content (AvgIpc) is 2.23. The van der Waals surface area contributed by atoms with Crippen LogP contribution in [0.1, 0.15) is 24.2 Å². The van der Waals surface area contributed by atoms with Crippen LogP contribution < -0.4 is 14.8 Å². The van der Waals surface area contributed by atoms with Gasteiger partial charge in [0, 0.05) is 0 Å². The average molecular weight is 242 g/mol. The van der Waals surface area contributed by atoms with Gasteiger partial charge in [0.2, 0.25) is 0 Å². The van der Waals surface area contributed by atoms with Crippen molar-refractivity contribution in [2.24, 2.45) is 0 Å². The van der Waals surface area contributed by atoms with Crippen molar-refractivity contribution in [3.63, 3.8) is 0 Å². The number of carbonyl (C=O) groups excluding carboxylic acids is 1. The Labute approximate surface area is 98.5 Å². The molecule has 1 amide bonds.